The number of aryl methyl sites for hydroxylation is 1. The zero-order valence-electron chi connectivity index (χ0n) is 32.5. The van der Waals surface area contributed by atoms with Crippen LogP contribution in [0.5, 0.6) is 5.75 Å². The number of likely N-dealkylation sites (tertiary alicyclic amines) is 1. The van der Waals surface area contributed by atoms with Crippen molar-refractivity contribution in [2.24, 2.45) is 5.41 Å². The molecule has 0 radical (unpaired) electrons. The van der Waals surface area contributed by atoms with Gasteiger partial charge in [-0.25, -0.2) is 14.4 Å². The average molecular weight is 807 g/mol. The number of carbonyl (C=O) groups excluding carboxylic acids is 3. The summed E-state index contributed by atoms with van der Waals surface area (Å²) in [6.07, 6.45) is 0.403. The number of nitrogens with one attached hydrogen (secondary N) is 2. The Bertz CT molecular complexity index is 1970. The molecule has 0 spiro atoms. The summed E-state index contributed by atoms with van der Waals surface area (Å²) in [5.74, 6) is -1.12. The molecule has 4 aromatic rings. The van der Waals surface area contributed by atoms with Gasteiger partial charge in [-0.2, -0.15) is 0 Å². The minimum atomic E-state index is -0.920. The number of aliphatic hydroxyl groups is 1. The van der Waals surface area contributed by atoms with E-state index in [-0.39, 0.29) is 43.8 Å². The van der Waals surface area contributed by atoms with Crippen molar-refractivity contribution < 1.29 is 33.4 Å². The number of aromatic nitrogens is 2. The van der Waals surface area contributed by atoms with E-state index in [1.807, 2.05) is 69.8 Å². The number of anilines is 1. The SMILES string of the molecule is Cc1ncsc1-c1ccc([C@H](C)NC(=O)[C@@H]2C[C@@H](O)CN2C(=O)[C@@H](NC(=O)CCCCOc2ccc(-c3csc(N4CCOCC4)n3)c(F)c2)C(C)(C)C)cc1. The first-order valence-corrected chi connectivity index (χ1v) is 20.8. The van der Waals surface area contributed by atoms with E-state index < -0.39 is 35.3 Å². The lowest BCUT2D eigenvalue weighted by Gasteiger charge is -2.35. The summed E-state index contributed by atoms with van der Waals surface area (Å²) in [6, 6.07) is 10.5. The molecule has 3 N–H and O–H groups in total. The zero-order chi connectivity index (χ0) is 40.0. The number of halogens is 1. The first-order valence-electron chi connectivity index (χ1n) is 19.1. The summed E-state index contributed by atoms with van der Waals surface area (Å²) in [6.45, 7) is 12.5. The monoisotopic (exact) mass is 806 g/mol. The second-order valence-corrected chi connectivity index (χ2v) is 17.1. The van der Waals surface area contributed by atoms with Crippen molar-refractivity contribution in [2.45, 2.75) is 84.5 Å². The highest BCUT2D eigenvalue weighted by Crippen LogP contribution is 2.32. The lowest BCUT2D eigenvalue weighted by Crippen LogP contribution is -2.57. The van der Waals surface area contributed by atoms with Crippen LogP contribution in [0.4, 0.5) is 9.52 Å². The van der Waals surface area contributed by atoms with Gasteiger partial charge < -0.3 is 35.0 Å². The van der Waals surface area contributed by atoms with Crippen LogP contribution in [0.25, 0.3) is 21.7 Å². The molecule has 4 atom stereocenters. The van der Waals surface area contributed by atoms with Crippen LogP contribution in [0.15, 0.2) is 53.4 Å². The van der Waals surface area contributed by atoms with Gasteiger partial charge in [-0.05, 0) is 55.4 Å². The number of aliphatic hydroxyl groups excluding tert-OH is 1. The molecule has 300 valence electrons. The number of ether oxygens (including phenoxy) is 2. The molecule has 2 aliphatic heterocycles. The molecule has 2 aliphatic rings. The second kappa shape index (κ2) is 18.2. The molecule has 0 aliphatic carbocycles. The van der Waals surface area contributed by atoms with Gasteiger partial charge in [0.05, 0.1) is 53.7 Å². The third-order valence-electron chi connectivity index (χ3n) is 10.1. The molecule has 2 saturated heterocycles. The highest BCUT2D eigenvalue weighted by atomic mass is 32.1. The van der Waals surface area contributed by atoms with E-state index in [1.54, 1.807) is 23.5 Å². The molecule has 15 heteroatoms. The number of nitrogens with zero attached hydrogens (tertiary/aromatic N) is 4. The molecule has 0 unspecified atom stereocenters. The van der Waals surface area contributed by atoms with Gasteiger partial charge >= 0.3 is 0 Å². The van der Waals surface area contributed by atoms with E-state index in [0.717, 1.165) is 39.9 Å². The number of amides is 3. The molecule has 2 aromatic heterocycles. The number of unbranched alkanes of at least 4 members (excludes halogenated alkanes) is 1. The lowest BCUT2D eigenvalue weighted by atomic mass is 9.85. The molecule has 0 bridgehead atoms. The van der Waals surface area contributed by atoms with Gasteiger partial charge in [0.2, 0.25) is 17.7 Å². The molecular weight excluding hydrogens is 756 g/mol. The standard InChI is InChI=1S/C41H51FN6O6S2/c1-25(27-9-11-28(12-10-27)36-26(2)43-24-56-36)44-38(51)34-20-29(49)22-48(34)39(52)37(41(3,4)5)46-35(50)8-6-7-17-54-30-13-14-31(32(42)21-30)33-23-55-40(45-33)47-15-18-53-19-16-47/h9-14,21,23-25,29,34,37,49H,6-8,15-20,22H2,1-5H3,(H,44,51)(H,46,50)/t25-,29+,34-,37+/m0/s1. The molecule has 4 heterocycles. The molecule has 0 saturated carbocycles. The Kier molecular flexibility index (Phi) is 13.4. The lowest BCUT2D eigenvalue weighted by molar-refractivity contribution is -0.144. The van der Waals surface area contributed by atoms with Crippen LogP contribution in [0, 0.1) is 18.2 Å². The van der Waals surface area contributed by atoms with Gasteiger partial charge in [0, 0.05) is 49.5 Å². The summed E-state index contributed by atoms with van der Waals surface area (Å²) in [5, 5.41) is 19.2. The molecule has 56 heavy (non-hydrogen) atoms. The van der Waals surface area contributed by atoms with Crippen LogP contribution >= 0.6 is 22.7 Å². The highest BCUT2D eigenvalue weighted by molar-refractivity contribution is 7.14. The Balaban J connectivity index is 0.975. The predicted molar refractivity (Wildman–Crippen MR) is 216 cm³/mol. The average Bonchev–Trinajstić information content (AvgIpc) is 3.94. The smallest absolute Gasteiger partial charge is 0.246 e. The number of rotatable bonds is 14. The van der Waals surface area contributed by atoms with Crippen LogP contribution in [0.3, 0.4) is 0 Å². The summed E-state index contributed by atoms with van der Waals surface area (Å²) in [7, 11) is 0. The van der Waals surface area contributed by atoms with Crippen molar-refractivity contribution in [2.75, 3.05) is 44.4 Å². The number of thiazole rings is 2. The predicted octanol–water partition coefficient (Wildman–Crippen LogP) is 6.14. The third-order valence-corrected chi connectivity index (χ3v) is 12.0. The van der Waals surface area contributed by atoms with Crippen molar-refractivity contribution in [1.29, 1.82) is 0 Å². The largest absolute Gasteiger partial charge is 0.493 e. The number of hydrogen-bond donors (Lipinski definition) is 3. The van der Waals surface area contributed by atoms with E-state index in [9.17, 15) is 19.5 Å². The Morgan fingerprint density at radius 3 is 2.50 bits per heavy atom. The van der Waals surface area contributed by atoms with Crippen LogP contribution < -0.4 is 20.3 Å². The first-order chi connectivity index (χ1) is 26.8. The summed E-state index contributed by atoms with van der Waals surface area (Å²) in [5.41, 5.74) is 5.04. The van der Waals surface area contributed by atoms with Crippen LogP contribution in [-0.4, -0.2) is 95.3 Å². The van der Waals surface area contributed by atoms with E-state index in [4.69, 9.17) is 9.47 Å². The van der Waals surface area contributed by atoms with Crippen LogP contribution in [-0.2, 0) is 19.1 Å². The number of β-amino-alcohol motifs (C(OH)–C–C–N with tert-alkyl or cyclic N) is 1. The summed E-state index contributed by atoms with van der Waals surface area (Å²) >= 11 is 3.06. The van der Waals surface area contributed by atoms with Gasteiger partial charge in [0.15, 0.2) is 5.13 Å². The van der Waals surface area contributed by atoms with Gasteiger partial charge in [-0.3, -0.25) is 14.4 Å². The Morgan fingerprint density at radius 1 is 1.07 bits per heavy atom. The quantitative estimate of drug-likeness (QED) is 0.128. The van der Waals surface area contributed by atoms with Crippen molar-refractivity contribution in [1.82, 2.24) is 25.5 Å². The minimum absolute atomic E-state index is 0.00515. The van der Waals surface area contributed by atoms with Gasteiger partial charge in [-0.1, -0.05) is 45.0 Å². The molecule has 6 rings (SSSR count). The number of morpholine rings is 1. The summed E-state index contributed by atoms with van der Waals surface area (Å²) in [4.78, 5) is 54.4. The fourth-order valence-electron chi connectivity index (χ4n) is 6.91. The normalized spacial score (nSPS) is 18.4. The Labute approximate surface area is 335 Å². The topological polar surface area (TPSA) is 146 Å². The zero-order valence-corrected chi connectivity index (χ0v) is 34.2. The van der Waals surface area contributed by atoms with Crippen LogP contribution in [0.1, 0.15) is 70.7 Å². The maximum atomic E-state index is 15.1. The van der Waals surface area contributed by atoms with Gasteiger partial charge in [-0.15, -0.1) is 22.7 Å². The molecule has 12 nitrogen and oxygen atoms in total. The number of hydrogen-bond acceptors (Lipinski definition) is 11. The second-order valence-electron chi connectivity index (χ2n) is 15.4. The summed E-state index contributed by atoms with van der Waals surface area (Å²) < 4.78 is 26.3. The highest BCUT2D eigenvalue weighted by Gasteiger charge is 2.44. The van der Waals surface area contributed by atoms with Crippen molar-refractivity contribution in [3.63, 3.8) is 0 Å². The van der Waals surface area contributed by atoms with Gasteiger partial charge in [0.25, 0.3) is 0 Å². The first kappa shape index (κ1) is 41.2. The Morgan fingerprint density at radius 2 is 1.82 bits per heavy atom. The Hall–Kier alpha value is -4.44. The number of benzene rings is 2. The van der Waals surface area contributed by atoms with E-state index in [1.165, 1.54) is 22.3 Å². The third kappa shape index (κ3) is 10.1. The van der Waals surface area contributed by atoms with Crippen LogP contribution in [0.2, 0.25) is 0 Å². The molecule has 3 amide bonds. The minimum Gasteiger partial charge on any atom is -0.493 e. The van der Waals surface area contributed by atoms with Crippen molar-refractivity contribution in [3.8, 4) is 27.4 Å². The fourth-order valence-corrected chi connectivity index (χ4v) is 8.60. The van der Waals surface area contributed by atoms with Crippen molar-refractivity contribution in [3.05, 3.63) is 70.4 Å². The fraction of sp³-hybridized carbons (Fsp3) is 0.488. The maximum Gasteiger partial charge on any atom is 0.246 e. The maximum absolute atomic E-state index is 15.1. The van der Waals surface area contributed by atoms with E-state index >= 15 is 4.39 Å². The van der Waals surface area contributed by atoms with E-state index in [0.29, 0.717) is 43.1 Å². The van der Waals surface area contributed by atoms with Crippen molar-refractivity contribution >= 4 is 45.5 Å². The van der Waals surface area contributed by atoms with E-state index in [2.05, 4.69) is 25.5 Å². The molecule has 2 aromatic carbocycles. The number of carbonyl (C=O) groups is 3. The molecule has 2 fully saturated rings. The van der Waals surface area contributed by atoms with Gasteiger partial charge in [0.1, 0.15) is 23.7 Å². The molecular formula is C41H51FN6O6S2.